The van der Waals surface area contributed by atoms with Gasteiger partial charge in [-0.2, -0.15) is 0 Å². The van der Waals surface area contributed by atoms with Crippen LogP contribution in [0, 0.1) is 0 Å². The smallest absolute Gasteiger partial charge is 0.333 e. The third kappa shape index (κ3) is 8.93. The van der Waals surface area contributed by atoms with Crippen molar-refractivity contribution in [3.63, 3.8) is 0 Å². The van der Waals surface area contributed by atoms with E-state index in [1.807, 2.05) is 6.92 Å². The first kappa shape index (κ1) is 31.0. The molecule has 2 aromatic rings. The molecule has 39 heavy (non-hydrogen) atoms. The van der Waals surface area contributed by atoms with Crippen LogP contribution in [0.4, 0.5) is 0 Å². The summed E-state index contributed by atoms with van der Waals surface area (Å²) in [5.41, 5.74) is 3.38. The Balaban J connectivity index is 2.03. The van der Waals surface area contributed by atoms with Gasteiger partial charge in [-0.1, -0.05) is 43.3 Å². The molecule has 0 bridgehead atoms. The minimum Gasteiger partial charge on any atom is -0.463 e. The second-order valence-electron chi connectivity index (χ2n) is 8.51. The lowest BCUT2D eigenvalue weighted by Crippen LogP contribution is -2.29. The van der Waals surface area contributed by atoms with E-state index in [2.05, 4.69) is 10.6 Å². The van der Waals surface area contributed by atoms with E-state index in [4.69, 9.17) is 14.6 Å². The molecule has 2 rings (SSSR count). The highest BCUT2D eigenvalue weighted by Crippen LogP contribution is 2.26. The van der Waals surface area contributed by atoms with E-state index in [0.717, 1.165) is 5.57 Å². The Kier molecular flexibility index (Phi) is 12.6. The first-order valence-corrected chi connectivity index (χ1v) is 12.8. The lowest BCUT2D eigenvalue weighted by atomic mass is 9.93. The van der Waals surface area contributed by atoms with Crippen molar-refractivity contribution < 1.29 is 33.8 Å². The van der Waals surface area contributed by atoms with Crippen LogP contribution in [-0.4, -0.2) is 61.8 Å². The highest BCUT2D eigenvalue weighted by molar-refractivity contribution is 6.04. The molecule has 0 spiro atoms. The van der Waals surface area contributed by atoms with Crippen molar-refractivity contribution in [1.82, 2.24) is 10.6 Å². The molecule has 0 saturated heterocycles. The van der Waals surface area contributed by atoms with Crippen molar-refractivity contribution in [2.24, 2.45) is 0 Å². The van der Waals surface area contributed by atoms with Crippen molar-refractivity contribution in [2.45, 2.75) is 34.1 Å². The fourth-order valence-electron chi connectivity index (χ4n) is 3.87. The van der Waals surface area contributed by atoms with Gasteiger partial charge in [0.05, 0.1) is 19.8 Å². The van der Waals surface area contributed by atoms with E-state index < -0.39 is 11.9 Å². The number of hydrogen-bond donors (Lipinski definition) is 3. The van der Waals surface area contributed by atoms with Gasteiger partial charge in [-0.05, 0) is 62.1 Å². The van der Waals surface area contributed by atoms with E-state index in [0.29, 0.717) is 34.2 Å². The molecule has 0 unspecified atom stereocenters. The van der Waals surface area contributed by atoms with Crippen LogP contribution < -0.4 is 10.6 Å². The van der Waals surface area contributed by atoms with Crippen LogP contribution in [0.3, 0.4) is 0 Å². The quantitative estimate of drug-likeness (QED) is 0.203. The maximum atomic E-state index is 12.9. The number of esters is 2. The van der Waals surface area contributed by atoms with Gasteiger partial charge in [0.1, 0.15) is 6.61 Å². The summed E-state index contributed by atoms with van der Waals surface area (Å²) in [5.74, 6) is -1.73. The summed E-state index contributed by atoms with van der Waals surface area (Å²) < 4.78 is 10.4. The summed E-state index contributed by atoms with van der Waals surface area (Å²) in [4.78, 5) is 50.0. The maximum Gasteiger partial charge on any atom is 0.333 e. The first-order valence-electron chi connectivity index (χ1n) is 12.8. The number of aliphatic hydroxyl groups is 1. The van der Waals surface area contributed by atoms with Crippen LogP contribution in [0.1, 0.15) is 66.0 Å². The van der Waals surface area contributed by atoms with Gasteiger partial charge in [-0.15, -0.1) is 0 Å². The van der Waals surface area contributed by atoms with Gasteiger partial charge in [0.15, 0.2) is 0 Å². The zero-order valence-corrected chi connectivity index (χ0v) is 22.8. The van der Waals surface area contributed by atoms with Crippen molar-refractivity contribution in [3.05, 3.63) is 81.9 Å². The number of allylic oxidation sites excluding steroid dienone is 1. The van der Waals surface area contributed by atoms with E-state index in [9.17, 15) is 19.2 Å². The number of nitrogens with one attached hydrogen (secondary N) is 2. The number of carbonyl (C=O) groups excluding carboxylic acids is 4. The molecule has 0 heterocycles. The molecular formula is C30H36N2O7. The van der Waals surface area contributed by atoms with Crippen molar-refractivity contribution in [3.8, 4) is 0 Å². The van der Waals surface area contributed by atoms with Crippen molar-refractivity contribution >= 4 is 35.4 Å². The SMILES string of the molecule is CCOC(=O)C(C)=C(CC)c1ccccc1C(=O)NCCOC(=O)C(C)=Cc1ccccc1C(=O)NCCO. The van der Waals surface area contributed by atoms with Gasteiger partial charge < -0.3 is 25.2 Å². The lowest BCUT2D eigenvalue weighted by Gasteiger charge is -2.15. The number of ether oxygens (including phenoxy) is 2. The Hall–Kier alpha value is -4.24. The molecule has 0 aliphatic carbocycles. The molecule has 0 aromatic heterocycles. The predicted octanol–water partition coefficient (Wildman–Crippen LogP) is 3.53. The Morgan fingerprint density at radius 2 is 1.38 bits per heavy atom. The van der Waals surface area contributed by atoms with Crippen LogP contribution in [0.2, 0.25) is 0 Å². The van der Waals surface area contributed by atoms with E-state index >= 15 is 0 Å². The normalized spacial score (nSPS) is 11.8. The molecule has 0 fully saturated rings. The highest BCUT2D eigenvalue weighted by Gasteiger charge is 2.18. The standard InChI is InChI=1S/C30H36N2O7/c1-5-23(21(4)30(37)38-6-2)25-13-9-10-14-26(25)28(35)32-16-18-39-29(36)20(3)19-22-11-7-8-12-24(22)27(34)31-15-17-33/h7-14,19,33H,5-6,15-18H2,1-4H3,(H,31,34)(H,32,35). The zero-order chi connectivity index (χ0) is 28.8. The summed E-state index contributed by atoms with van der Waals surface area (Å²) in [6.07, 6.45) is 2.08. The molecule has 2 aromatic carbocycles. The van der Waals surface area contributed by atoms with Crippen molar-refractivity contribution in [2.75, 3.05) is 32.9 Å². The largest absolute Gasteiger partial charge is 0.463 e. The number of aliphatic hydroxyl groups excluding tert-OH is 1. The Bertz CT molecular complexity index is 1250. The number of rotatable bonds is 13. The molecule has 9 heteroatoms. The van der Waals surface area contributed by atoms with E-state index in [-0.39, 0.29) is 50.3 Å². The van der Waals surface area contributed by atoms with Crippen LogP contribution in [-0.2, 0) is 19.1 Å². The topological polar surface area (TPSA) is 131 Å². The third-order valence-corrected chi connectivity index (χ3v) is 5.80. The molecule has 208 valence electrons. The van der Waals surface area contributed by atoms with Gasteiger partial charge in [0, 0.05) is 28.8 Å². The number of hydrogen-bond acceptors (Lipinski definition) is 7. The number of benzene rings is 2. The zero-order valence-electron chi connectivity index (χ0n) is 22.8. The minimum absolute atomic E-state index is 0.0606. The monoisotopic (exact) mass is 536 g/mol. The average molecular weight is 537 g/mol. The fourth-order valence-corrected chi connectivity index (χ4v) is 3.87. The fraction of sp³-hybridized carbons (Fsp3) is 0.333. The van der Waals surface area contributed by atoms with Gasteiger partial charge >= 0.3 is 11.9 Å². The lowest BCUT2D eigenvalue weighted by molar-refractivity contribution is -0.139. The third-order valence-electron chi connectivity index (χ3n) is 5.80. The number of amides is 2. The molecule has 0 radical (unpaired) electrons. The Morgan fingerprint density at radius 1 is 0.795 bits per heavy atom. The number of carbonyl (C=O) groups is 4. The van der Waals surface area contributed by atoms with Gasteiger partial charge in [-0.3, -0.25) is 9.59 Å². The summed E-state index contributed by atoms with van der Waals surface area (Å²) in [6.45, 7) is 7.11. The molecule has 0 aliphatic heterocycles. The molecule has 0 aliphatic rings. The first-order chi connectivity index (χ1) is 18.7. The summed E-state index contributed by atoms with van der Waals surface area (Å²) in [5, 5.41) is 14.3. The Labute approximate surface area is 228 Å². The Morgan fingerprint density at radius 3 is 2.03 bits per heavy atom. The van der Waals surface area contributed by atoms with Crippen LogP contribution in [0.25, 0.3) is 11.6 Å². The van der Waals surface area contributed by atoms with E-state index in [1.165, 1.54) is 0 Å². The highest BCUT2D eigenvalue weighted by atomic mass is 16.5. The van der Waals surface area contributed by atoms with Crippen LogP contribution in [0.5, 0.6) is 0 Å². The second-order valence-corrected chi connectivity index (χ2v) is 8.51. The van der Waals surface area contributed by atoms with Crippen molar-refractivity contribution in [1.29, 1.82) is 0 Å². The van der Waals surface area contributed by atoms with Gasteiger partial charge in [-0.25, -0.2) is 9.59 Å². The molecule has 9 nitrogen and oxygen atoms in total. The minimum atomic E-state index is -0.587. The average Bonchev–Trinajstić information content (AvgIpc) is 2.94. The molecule has 0 saturated carbocycles. The maximum absolute atomic E-state index is 12.9. The molecule has 2 amide bonds. The summed E-state index contributed by atoms with van der Waals surface area (Å²) in [6, 6.07) is 13.8. The molecular weight excluding hydrogens is 500 g/mol. The summed E-state index contributed by atoms with van der Waals surface area (Å²) in [7, 11) is 0. The van der Waals surface area contributed by atoms with Gasteiger partial charge in [0.25, 0.3) is 11.8 Å². The predicted molar refractivity (Wildman–Crippen MR) is 149 cm³/mol. The van der Waals surface area contributed by atoms with Gasteiger partial charge in [0.2, 0.25) is 0 Å². The summed E-state index contributed by atoms with van der Waals surface area (Å²) >= 11 is 0. The van der Waals surface area contributed by atoms with Crippen LogP contribution in [0.15, 0.2) is 59.7 Å². The molecule has 0 atom stereocenters. The van der Waals surface area contributed by atoms with E-state index in [1.54, 1.807) is 75.4 Å². The van der Waals surface area contributed by atoms with Crippen LogP contribution >= 0.6 is 0 Å². The molecule has 3 N–H and O–H groups in total. The second kappa shape index (κ2) is 15.9.